The fourth-order valence-corrected chi connectivity index (χ4v) is 3.29. The van der Waals surface area contributed by atoms with Crippen LogP contribution >= 0.6 is 15.9 Å². The van der Waals surface area contributed by atoms with E-state index < -0.39 is 0 Å². The Morgan fingerprint density at radius 3 is 3.20 bits per heavy atom. The minimum atomic E-state index is 0.751. The van der Waals surface area contributed by atoms with Crippen LogP contribution in [0, 0.1) is 5.92 Å². The first-order valence-electron chi connectivity index (χ1n) is 7.28. The zero-order valence-electron chi connectivity index (χ0n) is 11.8. The number of halogens is 1. The summed E-state index contributed by atoms with van der Waals surface area (Å²) in [5.41, 5.74) is 2.38. The van der Waals surface area contributed by atoms with Crippen molar-refractivity contribution in [2.75, 3.05) is 31.1 Å². The van der Waals surface area contributed by atoms with Gasteiger partial charge in [-0.2, -0.15) is 0 Å². The molecule has 0 saturated carbocycles. The molecule has 0 spiro atoms. The van der Waals surface area contributed by atoms with Gasteiger partial charge in [-0.3, -0.25) is 4.98 Å². The van der Waals surface area contributed by atoms with Crippen molar-refractivity contribution in [2.45, 2.75) is 13.3 Å². The molecular weight excluding hydrogens is 314 g/mol. The number of hydrogen-bond donors (Lipinski definition) is 1. The Labute approximate surface area is 128 Å². The van der Waals surface area contributed by atoms with E-state index in [1.165, 1.54) is 17.5 Å². The van der Waals surface area contributed by atoms with Gasteiger partial charge in [0.1, 0.15) is 0 Å². The number of hydrogen-bond acceptors (Lipinski definition) is 3. The molecule has 1 unspecified atom stereocenters. The molecule has 0 radical (unpaired) electrons. The van der Waals surface area contributed by atoms with Crippen molar-refractivity contribution in [3.63, 3.8) is 0 Å². The first-order chi connectivity index (χ1) is 9.78. The second-order valence-corrected chi connectivity index (χ2v) is 6.33. The van der Waals surface area contributed by atoms with Crippen LogP contribution in [0.2, 0.25) is 0 Å². The summed E-state index contributed by atoms with van der Waals surface area (Å²) in [6, 6.07) is 8.59. The third-order valence-electron chi connectivity index (χ3n) is 3.97. The molecule has 4 heteroatoms. The third kappa shape index (κ3) is 2.81. The highest BCUT2D eigenvalue weighted by Crippen LogP contribution is 2.30. The van der Waals surface area contributed by atoms with Gasteiger partial charge in [0, 0.05) is 29.1 Å². The van der Waals surface area contributed by atoms with Crippen molar-refractivity contribution in [3.8, 4) is 0 Å². The molecular formula is C16H20BrN3. The van der Waals surface area contributed by atoms with Crippen molar-refractivity contribution >= 4 is 32.5 Å². The number of para-hydroxylation sites is 1. The highest BCUT2D eigenvalue weighted by molar-refractivity contribution is 9.10. The maximum atomic E-state index is 4.61. The molecule has 2 aromatic rings. The first-order valence-corrected chi connectivity index (χ1v) is 8.07. The molecule has 1 fully saturated rings. The molecule has 1 aromatic heterocycles. The highest BCUT2D eigenvalue weighted by Gasteiger charge is 2.23. The van der Waals surface area contributed by atoms with Crippen LogP contribution in [0.3, 0.4) is 0 Å². The predicted octanol–water partition coefficient (Wildman–Crippen LogP) is 3.43. The maximum absolute atomic E-state index is 4.61. The Balaban J connectivity index is 1.84. The van der Waals surface area contributed by atoms with Crippen LogP contribution in [-0.2, 0) is 0 Å². The van der Waals surface area contributed by atoms with Gasteiger partial charge in [-0.15, -0.1) is 0 Å². The summed E-state index contributed by atoms with van der Waals surface area (Å²) in [5.74, 6) is 0.751. The molecule has 1 aliphatic rings. The van der Waals surface area contributed by atoms with E-state index >= 15 is 0 Å². The average molecular weight is 334 g/mol. The first kappa shape index (κ1) is 13.8. The van der Waals surface area contributed by atoms with E-state index in [1.807, 2.05) is 6.20 Å². The van der Waals surface area contributed by atoms with E-state index in [0.717, 1.165) is 42.1 Å². The van der Waals surface area contributed by atoms with Crippen LogP contribution in [0.15, 0.2) is 34.9 Å². The minimum absolute atomic E-state index is 0.751. The number of pyridine rings is 1. The Kier molecular flexibility index (Phi) is 4.22. The van der Waals surface area contributed by atoms with E-state index in [4.69, 9.17) is 0 Å². The van der Waals surface area contributed by atoms with Gasteiger partial charge in [-0.05, 0) is 53.5 Å². The molecule has 1 N–H and O–H groups in total. The Morgan fingerprint density at radius 1 is 1.45 bits per heavy atom. The normalized spacial score (nSPS) is 18.9. The fourth-order valence-electron chi connectivity index (χ4n) is 2.94. The molecule has 3 rings (SSSR count). The molecule has 3 nitrogen and oxygen atoms in total. The lowest BCUT2D eigenvalue weighted by molar-refractivity contribution is 0.528. The van der Waals surface area contributed by atoms with Crippen LogP contribution < -0.4 is 10.2 Å². The van der Waals surface area contributed by atoms with Crippen molar-refractivity contribution in [2.24, 2.45) is 5.92 Å². The number of aromatic nitrogens is 1. The van der Waals surface area contributed by atoms with Crippen molar-refractivity contribution in [3.05, 3.63) is 34.9 Å². The minimum Gasteiger partial charge on any atom is -0.369 e. The zero-order chi connectivity index (χ0) is 13.9. The molecule has 20 heavy (non-hydrogen) atoms. The van der Waals surface area contributed by atoms with Gasteiger partial charge < -0.3 is 10.2 Å². The number of anilines is 1. The molecule has 106 valence electrons. The second kappa shape index (κ2) is 6.10. The molecule has 1 aromatic carbocycles. The van der Waals surface area contributed by atoms with Crippen LogP contribution in [0.5, 0.6) is 0 Å². The summed E-state index contributed by atoms with van der Waals surface area (Å²) < 4.78 is 1.04. The quantitative estimate of drug-likeness (QED) is 0.928. The van der Waals surface area contributed by atoms with Crippen LogP contribution in [0.1, 0.15) is 13.3 Å². The molecule has 0 amide bonds. The van der Waals surface area contributed by atoms with Gasteiger partial charge in [-0.1, -0.05) is 19.1 Å². The van der Waals surface area contributed by atoms with Gasteiger partial charge in [0.2, 0.25) is 0 Å². The topological polar surface area (TPSA) is 28.2 Å². The predicted molar refractivity (Wildman–Crippen MR) is 88.3 cm³/mol. The van der Waals surface area contributed by atoms with Crippen molar-refractivity contribution in [1.82, 2.24) is 10.3 Å². The molecule has 0 aliphatic carbocycles. The summed E-state index contributed by atoms with van der Waals surface area (Å²) in [7, 11) is 0. The SMILES string of the molecule is CCNCC1CCN(c2cccc3cc(Br)cnc23)C1. The summed E-state index contributed by atoms with van der Waals surface area (Å²) in [4.78, 5) is 7.09. The zero-order valence-corrected chi connectivity index (χ0v) is 13.4. The van der Waals surface area contributed by atoms with E-state index in [1.54, 1.807) is 0 Å². The third-order valence-corrected chi connectivity index (χ3v) is 4.40. The Bertz CT molecular complexity index is 599. The van der Waals surface area contributed by atoms with E-state index in [9.17, 15) is 0 Å². The van der Waals surface area contributed by atoms with Gasteiger partial charge >= 0.3 is 0 Å². The van der Waals surface area contributed by atoms with Gasteiger partial charge in [0.05, 0.1) is 11.2 Å². The van der Waals surface area contributed by atoms with E-state index in [2.05, 4.69) is 62.3 Å². The van der Waals surface area contributed by atoms with Gasteiger partial charge in [0.25, 0.3) is 0 Å². The molecule has 0 bridgehead atoms. The summed E-state index contributed by atoms with van der Waals surface area (Å²) >= 11 is 3.49. The lowest BCUT2D eigenvalue weighted by Gasteiger charge is -2.20. The van der Waals surface area contributed by atoms with Gasteiger partial charge in [0.15, 0.2) is 0 Å². The van der Waals surface area contributed by atoms with E-state index in [-0.39, 0.29) is 0 Å². The summed E-state index contributed by atoms with van der Waals surface area (Å²) in [5, 5.41) is 4.66. The monoisotopic (exact) mass is 333 g/mol. The number of nitrogens with one attached hydrogen (secondary N) is 1. The molecule has 1 atom stereocenters. The number of fused-ring (bicyclic) bond motifs is 1. The van der Waals surface area contributed by atoms with Crippen molar-refractivity contribution in [1.29, 1.82) is 0 Å². The maximum Gasteiger partial charge on any atom is 0.0936 e. The van der Waals surface area contributed by atoms with Gasteiger partial charge in [-0.25, -0.2) is 0 Å². The number of nitrogens with zero attached hydrogens (tertiary/aromatic N) is 2. The standard InChI is InChI=1S/C16H20BrN3/c1-2-18-9-12-6-7-20(11-12)15-5-3-4-13-8-14(17)10-19-16(13)15/h3-5,8,10,12,18H,2,6-7,9,11H2,1H3. The fraction of sp³-hybridized carbons (Fsp3) is 0.438. The lowest BCUT2D eigenvalue weighted by Crippen LogP contribution is -2.26. The summed E-state index contributed by atoms with van der Waals surface area (Å²) in [6.07, 6.45) is 3.15. The average Bonchev–Trinajstić information content (AvgIpc) is 2.92. The van der Waals surface area contributed by atoms with Crippen LogP contribution in [-0.4, -0.2) is 31.2 Å². The smallest absolute Gasteiger partial charge is 0.0936 e. The van der Waals surface area contributed by atoms with E-state index in [0.29, 0.717) is 0 Å². The van der Waals surface area contributed by atoms with Crippen LogP contribution in [0.4, 0.5) is 5.69 Å². The number of benzene rings is 1. The van der Waals surface area contributed by atoms with Crippen LogP contribution in [0.25, 0.3) is 10.9 Å². The largest absolute Gasteiger partial charge is 0.369 e. The highest BCUT2D eigenvalue weighted by atomic mass is 79.9. The summed E-state index contributed by atoms with van der Waals surface area (Å²) in [6.45, 7) is 6.60. The lowest BCUT2D eigenvalue weighted by atomic mass is 10.1. The molecule has 2 heterocycles. The Hall–Kier alpha value is -1.13. The molecule has 1 aliphatic heterocycles. The van der Waals surface area contributed by atoms with Crippen molar-refractivity contribution < 1.29 is 0 Å². The Morgan fingerprint density at radius 2 is 2.35 bits per heavy atom. The number of rotatable bonds is 4. The molecule has 1 saturated heterocycles. The second-order valence-electron chi connectivity index (χ2n) is 5.41.